The molecule has 1 aromatic rings. The first kappa shape index (κ1) is 10.7. The Morgan fingerprint density at radius 3 is 2.82 bits per heavy atom. The SMILES string of the molecule is CCNc1cccc(Br)n1.Cl. The van der Waals surface area contributed by atoms with Crippen LogP contribution >= 0.6 is 28.3 Å². The highest BCUT2D eigenvalue weighted by atomic mass is 79.9. The van der Waals surface area contributed by atoms with Crippen molar-refractivity contribution >= 4 is 34.2 Å². The summed E-state index contributed by atoms with van der Waals surface area (Å²) >= 11 is 3.28. The molecule has 0 saturated carbocycles. The van der Waals surface area contributed by atoms with E-state index in [0.29, 0.717) is 0 Å². The summed E-state index contributed by atoms with van der Waals surface area (Å²) in [6, 6.07) is 5.80. The molecule has 1 N–H and O–H groups in total. The number of anilines is 1. The summed E-state index contributed by atoms with van der Waals surface area (Å²) in [5, 5.41) is 3.11. The van der Waals surface area contributed by atoms with E-state index in [1.807, 2.05) is 25.1 Å². The first-order valence-electron chi connectivity index (χ1n) is 3.19. The number of halogens is 2. The molecule has 0 aliphatic carbocycles. The highest BCUT2D eigenvalue weighted by molar-refractivity contribution is 9.10. The molecule has 0 atom stereocenters. The molecule has 0 fully saturated rings. The van der Waals surface area contributed by atoms with Gasteiger partial charge in [0.15, 0.2) is 0 Å². The molecule has 2 nitrogen and oxygen atoms in total. The molecular weight excluding hydrogens is 227 g/mol. The van der Waals surface area contributed by atoms with E-state index >= 15 is 0 Å². The number of aromatic nitrogens is 1. The molecule has 4 heteroatoms. The zero-order valence-electron chi connectivity index (χ0n) is 6.17. The van der Waals surface area contributed by atoms with Crippen LogP contribution in [0.3, 0.4) is 0 Å². The predicted molar refractivity (Wildman–Crippen MR) is 53.3 cm³/mol. The lowest BCUT2D eigenvalue weighted by Crippen LogP contribution is -1.98. The molecule has 0 aliphatic rings. The smallest absolute Gasteiger partial charge is 0.127 e. The lowest BCUT2D eigenvalue weighted by Gasteiger charge is -2.00. The highest BCUT2D eigenvalue weighted by Gasteiger charge is 1.89. The fourth-order valence-corrected chi connectivity index (χ4v) is 1.03. The zero-order valence-corrected chi connectivity index (χ0v) is 8.58. The van der Waals surface area contributed by atoms with Crippen LogP contribution in [0.2, 0.25) is 0 Å². The number of hydrogen-bond acceptors (Lipinski definition) is 2. The third-order valence-electron chi connectivity index (χ3n) is 1.07. The quantitative estimate of drug-likeness (QED) is 0.800. The molecule has 11 heavy (non-hydrogen) atoms. The van der Waals surface area contributed by atoms with E-state index in [-0.39, 0.29) is 12.4 Å². The fraction of sp³-hybridized carbons (Fsp3) is 0.286. The molecule has 1 aromatic heterocycles. The molecule has 0 aromatic carbocycles. The van der Waals surface area contributed by atoms with Gasteiger partial charge in [0.1, 0.15) is 10.4 Å². The summed E-state index contributed by atoms with van der Waals surface area (Å²) < 4.78 is 0.867. The largest absolute Gasteiger partial charge is 0.370 e. The van der Waals surface area contributed by atoms with Gasteiger partial charge in [-0.2, -0.15) is 0 Å². The van der Waals surface area contributed by atoms with Crippen molar-refractivity contribution in [1.29, 1.82) is 0 Å². The minimum Gasteiger partial charge on any atom is -0.370 e. The van der Waals surface area contributed by atoms with Crippen molar-refractivity contribution in [3.05, 3.63) is 22.8 Å². The van der Waals surface area contributed by atoms with Crippen LogP contribution in [0.25, 0.3) is 0 Å². The third kappa shape index (κ3) is 3.58. The number of nitrogens with one attached hydrogen (secondary N) is 1. The minimum absolute atomic E-state index is 0. The highest BCUT2D eigenvalue weighted by Crippen LogP contribution is 2.09. The Bertz CT molecular complexity index is 217. The molecule has 0 spiro atoms. The van der Waals surface area contributed by atoms with Gasteiger partial charge in [0.2, 0.25) is 0 Å². The van der Waals surface area contributed by atoms with Crippen LogP contribution in [0.5, 0.6) is 0 Å². The summed E-state index contributed by atoms with van der Waals surface area (Å²) in [6.45, 7) is 2.95. The van der Waals surface area contributed by atoms with E-state index in [0.717, 1.165) is 17.0 Å². The van der Waals surface area contributed by atoms with Gasteiger partial charge >= 0.3 is 0 Å². The summed E-state index contributed by atoms with van der Waals surface area (Å²) in [7, 11) is 0. The van der Waals surface area contributed by atoms with Crippen molar-refractivity contribution in [3.63, 3.8) is 0 Å². The normalized spacial score (nSPS) is 8.55. The van der Waals surface area contributed by atoms with Gasteiger partial charge in [-0.25, -0.2) is 4.98 Å². The standard InChI is InChI=1S/C7H9BrN2.ClH/c1-2-9-7-5-3-4-6(8)10-7;/h3-5H,2H2,1H3,(H,9,10);1H. The summed E-state index contributed by atoms with van der Waals surface area (Å²) in [6.07, 6.45) is 0. The number of rotatable bonds is 2. The lowest BCUT2D eigenvalue weighted by atomic mass is 10.4. The Balaban J connectivity index is 0.000001000. The maximum absolute atomic E-state index is 4.17. The maximum Gasteiger partial charge on any atom is 0.127 e. The van der Waals surface area contributed by atoms with Gasteiger partial charge in [-0.15, -0.1) is 12.4 Å². The van der Waals surface area contributed by atoms with Crippen LogP contribution in [-0.4, -0.2) is 11.5 Å². The molecule has 0 saturated heterocycles. The topological polar surface area (TPSA) is 24.9 Å². The van der Waals surface area contributed by atoms with E-state index in [2.05, 4.69) is 26.2 Å². The van der Waals surface area contributed by atoms with Gasteiger partial charge in [0.05, 0.1) is 0 Å². The van der Waals surface area contributed by atoms with E-state index in [4.69, 9.17) is 0 Å². The molecule has 0 unspecified atom stereocenters. The lowest BCUT2D eigenvalue weighted by molar-refractivity contribution is 1.15. The van der Waals surface area contributed by atoms with Gasteiger partial charge in [-0.3, -0.25) is 0 Å². The Morgan fingerprint density at radius 2 is 2.27 bits per heavy atom. The molecule has 0 aliphatic heterocycles. The molecule has 0 amide bonds. The average Bonchev–Trinajstić information content (AvgIpc) is 1.88. The van der Waals surface area contributed by atoms with Gasteiger partial charge < -0.3 is 5.32 Å². The van der Waals surface area contributed by atoms with Crippen LogP contribution in [0, 0.1) is 0 Å². The van der Waals surface area contributed by atoms with Gasteiger partial charge in [-0.05, 0) is 35.0 Å². The van der Waals surface area contributed by atoms with Crippen LogP contribution in [0.1, 0.15) is 6.92 Å². The van der Waals surface area contributed by atoms with Crippen LogP contribution in [-0.2, 0) is 0 Å². The van der Waals surface area contributed by atoms with Crippen molar-refractivity contribution in [2.75, 3.05) is 11.9 Å². The van der Waals surface area contributed by atoms with Crippen molar-refractivity contribution in [2.45, 2.75) is 6.92 Å². The number of hydrogen-bond donors (Lipinski definition) is 1. The second kappa shape index (κ2) is 5.38. The van der Waals surface area contributed by atoms with Crippen molar-refractivity contribution in [3.8, 4) is 0 Å². The molecule has 0 bridgehead atoms. The molecule has 62 valence electrons. The average molecular weight is 238 g/mol. The summed E-state index contributed by atoms with van der Waals surface area (Å²) in [4.78, 5) is 4.17. The third-order valence-corrected chi connectivity index (χ3v) is 1.51. The number of pyridine rings is 1. The molecule has 1 rings (SSSR count). The Kier molecular flexibility index (Phi) is 5.24. The Hall–Kier alpha value is -0.280. The van der Waals surface area contributed by atoms with Crippen LogP contribution in [0.4, 0.5) is 5.82 Å². The van der Waals surface area contributed by atoms with Crippen molar-refractivity contribution < 1.29 is 0 Å². The molecular formula is C7H10BrClN2. The fourth-order valence-electron chi connectivity index (χ4n) is 0.688. The van der Waals surface area contributed by atoms with Crippen molar-refractivity contribution in [1.82, 2.24) is 4.98 Å². The van der Waals surface area contributed by atoms with Gasteiger partial charge in [0.25, 0.3) is 0 Å². The second-order valence-electron chi connectivity index (χ2n) is 1.88. The molecule has 1 heterocycles. The Labute approximate surface area is 81.0 Å². The van der Waals surface area contributed by atoms with Gasteiger partial charge in [-0.1, -0.05) is 6.07 Å². The van der Waals surface area contributed by atoms with E-state index in [9.17, 15) is 0 Å². The van der Waals surface area contributed by atoms with E-state index in [1.165, 1.54) is 0 Å². The minimum atomic E-state index is 0. The first-order valence-corrected chi connectivity index (χ1v) is 3.98. The maximum atomic E-state index is 4.17. The second-order valence-corrected chi connectivity index (χ2v) is 2.69. The predicted octanol–water partition coefficient (Wildman–Crippen LogP) is 2.70. The van der Waals surface area contributed by atoms with E-state index < -0.39 is 0 Å². The Morgan fingerprint density at radius 1 is 1.55 bits per heavy atom. The number of nitrogens with zero attached hydrogens (tertiary/aromatic N) is 1. The monoisotopic (exact) mass is 236 g/mol. The summed E-state index contributed by atoms with van der Waals surface area (Å²) in [5.74, 6) is 0.914. The summed E-state index contributed by atoms with van der Waals surface area (Å²) in [5.41, 5.74) is 0. The van der Waals surface area contributed by atoms with Crippen LogP contribution < -0.4 is 5.32 Å². The van der Waals surface area contributed by atoms with Crippen LogP contribution in [0.15, 0.2) is 22.8 Å². The van der Waals surface area contributed by atoms with Gasteiger partial charge in [0, 0.05) is 6.54 Å². The zero-order chi connectivity index (χ0) is 7.40. The van der Waals surface area contributed by atoms with Crippen molar-refractivity contribution in [2.24, 2.45) is 0 Å². The molecule has 0 radical (unpaired) electrons. The first-order chi connectivity index (χ1) is 4.83. The van der Waals surface area contributed by atoms with E-state index in [1.54, 1.807) is 0 Å².